The fourth-order valence-electron chi connectivity index (χ4n) is 9.27. The molecule has 276 valence electrons. The van der Waals surface area contributed by atoms with Gasteiger partial charge >= 0.3 is 18.0 Å². The van der Waals surface area contributed by atoms with Gasteiger partial charge in [0.1, 0.15) is 35.6 Å². The van der Waals surface area contributed by atoms with Crippen LogP contribution >= 0.6 is 0 Å². The molecule has 0 aromatic rings. The summed E-state index contributed by atoms with van der Waals surface area (Å²) in [5, 5.41) is 61.8. The Morgan fingerprint density at radius 2 is 1.63 bits per heavy atom. The van der Waals surface area contributed by atoms with Gasteiger partial charge in [0, 0.05) is 31.1 Å². The number of rotatable bonds is 7. The fraction of sp³-hybridized carbons (Fsp3) is 0.829. The van der Waals surface area contributed by atoms with Crippen LogP contribution in [0.25, 0.3) is 0 Å². The normalized spacial score (nSPS) is 40.1. The van der Waals surface area contributed by atoms with Gasteiger partial charge in [-0.1, -0.05) is 34.1 Å². The third kappa shape index (κ3) is 5.99. The van der Waals surface area contributed by atoms with Crippen LogP contribution in [0.3, 0.4) is 0 Å². The maximum atomic E-state index is 14.4. The molecule has 14 heteroatoms. The number of ketones is 1. The molecule has 0 aromatic heterocycles. The second-order valence-corrected chi connectivity index (χ2v) is 15.9. The summed E-state index contributed by atoms with van der Waals surface area (Å²) in [6.45, 7) is 10.3. The Morgan fingerprint density at radius 1 is 1.00 bits per heavy atom. The molecule has 4 aliphatic carbocycles. The van der Waals surface area contributed by atoms with E-state index in [9.17, 15) is 44.7 Å². The molecular weight excluding hydrogens is 642 g/mol. The molecule has 11 atom stereocenters. The monoisotopic (exact) mass is 695 g/mol. The lowest BCUT2D eigenvalue weighted by Crippen LogP contribution is -2.81. The van der Waals surface area contributed by atoms with E-state index in [1.165, 1.54) is 13.8 Å². The fourth-order valence-corrected chi connectivity index (χ4v) is 9.27. The zero-order valence-electron chi connectivity index (χ0n) is 29.4. The molecule has 2 bridgehead atoms. The van der Waals surface area contributed by atoms with Gasteiger partial charge in [-0.2, -0.15) is 0 Å². The van der Waals surface area contributed by atoms with Crippen LogP contribution in [0.5, 0.6) is 0 Å². The molecule has 1 heterocycles. The van der Waals surface area contributed by atoms with Crippen LogP contribution in [-0.4, -0.2) is 116 Å². The summed E-state index contributed by atoms with van der Waals surface area (Å²) in [6.07, 6.45) is -6.37. The van der Waals surface area contributed by atoms with E-state index in [4.69, 9.17) is 18.9 Å². The van der Waals surface area contributed by atoms with Gasteiger partial charge in [-0.25, -0.2) is 9.59 Å². The van der Waals surface area contributed by atoms with Gasteiger partial charge in [0.25, 0.3) is 0 Å². The van der Waals surface area contributed by atoms with Crippen molar-refractivity contribution in [3.05, 3.63) is 11.1 Å². The summed E-state index contributed by atoms with van der Waals surface area (Å²) in [4.78, 5) is 53.5. The zero-order valence-corrected chi connectivity index (χ0v) is 29.4. The quantitative estimate of drug-likeness (QED) is 0.126. The van der Waals surface area contributed by atoms with Crippen LogP contribution in [0.15, 0.2) is 11.1 Å². The van der Waals surface area contributed by atoms with Crippen molar-refractivity contribution in [1.29, 1.82) is 0 Å². The molecule has 1 unspecified atom stereocenters. The maximum Gasteiger partial charge on any atom is 0.407 e. The minimum atomic E-state index is -2.20. The van der Waals surface area contributed by atoms with Gasteiger partial charge in [-0.3, -0.25) is 9.59 Å². The van der Waals surface area contributed by atoms with Gasteiger partial charge in [-0.15, -0.1) is 0 Å². The van der Waals surface area contributed by atoms with Gasteiger partial charge < -0.3 is 49.8 Å². The number of carbonyl (C=O) groups excluding carboxylic acids is 4. The number of aliphatic hydroxyl groups is 5. The van der Waals surface area contributed by atoms with Gasteiger partial charge in [0.15, 0.2) is 11.9 Å². The molecule has 0 spiro atoms. The largest absolute Gasteiger partial charge is 0.459 e. The van der Waals surface area contributed by atoms with Crippen LogP contribution in [0.4, 0.5) is 4.79 Å². The van der Waals surface area contributed by atoms with Crippen molar-refractivity contribution in [2.24, 2.45) is 22.7 Å². The number of Topliss-reactive ketones (excluding diaryl/α,β-unsaturated/α-hetero) is 1. The lowest BCUT2D eigenvalue weighted by molar-refractivity contribution is -0.345. The highest BCUT2D eigenvalue weighted by Crippen LogP contribution is 2.63. The highest BCUT2D eigenvalue weighted by Gasteiger charge is 2.76. The summed E-state index contributed by atoms with van der Waals surface area (Å²) in [5.74, 6) is -4.73. The van der Waals surface area contributed by atoms with E-state index in [-0.39, 0.29) is 30.3 Å². The van der Waals surface area contributed by atoms with Crippen molar-refractivity contribution >= 4 is 23.8 Å². The second kappa shape index (κ2) is 13.2. The van der Waals surface area contributed by atoms with Crippen molar-refractivity contribution in [2.75, 3.05) is 6.61 Å². The van der Waals surface area contributed by atoms with E-state index in [0.29, 0.717) is 0 Å². The summed E-state index contributed by atoms with van der Waals surface area (Å²) < 4.78 is 22.7. The Bertz CT molecular complexity index is 1370. The summed E-state index contributed by atoms with van der Waals surface area (Å²) in [5.41, 5.74) is -7.22. The predicted molar refractivity (Wildman–Crippen MR) is 171 cm³/mol. The van der Waals surface area contributed by atoms with Crippen LogP contribution in [0.2, 0.25) is 0 Å². The average Bonchev–Trinajstić information content (AvgIpc) is 3.02. The smallest absolute Gasteiger partial charge is 0.407 e. The van der Waals surface area contributed by atoms with E-state index in [1.807, 2.05) is 0 Å². The number of esters is 2. The predicted octanol–water partition coefficient (Wildman–Crippen LogP) is 1.21. The molecule has 0 aromatic carbocycles. The van der Waals surface area contributed by atoms with Gasteiger partial charge in [0.05, 0.1) is 30.3 Å². The lowest BCUT2D eigenvalue weighted by atomic mass is 9.45. The van der Waals surface area contributed by atoms with E-state index >= 15 is 0 Å². The minimum Gasteiger partial charge on any atom is -0.459 e. The number of alkyl carbamates (subject to hydrolysis) is 1. The Labute approximate surface area is 286 Å². The van der Waals surface area contributed by atoms with Crippen molar-refractivity contribution in [3.8, 4) is 0 Å². The number of hydrogen-bond donors (Lipinski definition) is 6. The molecule has 6 N–H and O–H groups in total. The first-order valence-corrected chi connectivity index (χ1v) is 17.4. The van der Waals surface area contributed by atoms with E-state index in [1.54, 1.807) is 27.7 Å². The molecule has 5 aliphatic rings. The molecule has 1 saturated heterocycles. The molecule has 49 heavy (non-hydrogen) atoms. The van der Waals surface area contributed by atoms with Crippen molar-refractivity contribution < 1.29 is 63.7 Å². The summed E-state index contributed by atoms with van der Waals surface area (Å²) in [6, 6.07) is -1.11. The van der Waals surface area contributed by atoms with E-state index in [2.05, 4.69) is 5.32 Å². The Hall–Kier alpha value is -2.62. The Morgan fingerprint density at radius 3 is 2.18 bits per heavy atom. The van der Waals surface area contributed by atoms with Crippen molar-refractivity contribution in [2.45, 2.75) is 153 Å². The number of fused-ring (bicyclic) bond motifs is 5. The molecule has 5 rings (SSSR count). The minimum absolute atomic E-state index is 0.00358. The van der Waals surface area contributed by atoms with Crippen LogP contribution in [-0.2, 0) is 33.3 Å². The first kappa shape index (κ1) is 37.6. The van der Waals surface area contributed by atoms with Crippen LogP contribution < -0.4 is 5.32 Å². The van der Waals surface area contributed by atoms with E-state index in [0.717, 1.165) is 39.0 Å². The number of aliphatic hydroxyl groups excluding tert-OH is 3. The van der Waals surface area contributed by atoms with Gasteiger partial charge in [-0.05, 0) is 56.6 Å². The van der Waals surface area contributed by atoms with Crippen molar-refractivity contribution in [1.82, 2.24) is 5.32 Å². The number of carbonyl (C=O) groups is 4. The molecule has 4 fully saturated rings. The molecule has 1 amide bonds. The molecular formula is C35H53NO13. The molecule has 0 radical (unpaired) electrons. The average molecular weight is 696 g/mol. The summed E-state index contributed by atoms with van der Waals surface area (Å²) in [7, 11) is 0. The highest BCUT2D eigenvalue weighted by molar-refractivity contribution is 5.93. The zero-order chi connectivity index (χ0) is 36.4. The highest BCUT2D eigenvalue weighted by atomic mass is 16.6. The van der Waals surface area contributed by atoms with Crippen LogP contribution in [0.1, 0.15) is 93.4 Å². The third-order valence-corrected chi connectivity index (χ3v) is 12.3. The number of ether oxygens (including phenoxy) is 4. The summed E-state index contributed by atoms with van der Waals surface area (Å²) >= 11 is 0. The Kier molecular flexibility index (Phi) is 10.1. The number of hydrogen-bond acceptors (Lipinski definition) is 13. The molecule has 1 aliphatic heterocycles. The van der Waals surface area contributed by atoms with Crippen molar-refractivity contribution in [3.63, 3.8) is 0 Å². The number of nitrogens with one attached hydrogen (secondary N) is 1. The number of amides is 1. The first-order chi connectivity index (χ1) is 22.7. The standard InChI is InChI=1S/C35H53NO13/c1-16(2)24(36-31(43)48-19-11-9-8-10-12-19)26(40)30(42)49-20-14-35(45)29(47-18(4)37)27-33(7,21(38)13-22-34(27,44)15-46-22)28(41)25(39)23(17(20)3)32(35,5)6/h16,19-22,24-27,29,38-40,44-45H,8-15H2,1-7H3,(H,36,43)/t20?,21-,22+,24-,25+,26+,27-,29-,33+,34-,35+/m0/s1. The maximum absolute atomic E-state index is 14.4. The molecule has 14 nitrogen and oxygen atoms in total. The first-order valence-electron chi connectivity index (χ1n) is 17.4. The lowest BCUT2D eigenvalue weighted by Gasteiger charge is -2.66. The SMILES string of the molecule is CC(=O)O[C@H]1[C@@H]2[C@]3(O)CO[C@@H]3C[C@H](O)[C@@]2(C)C(=O)[C@H](O)C2=C(C)C(OC(=O)[C@H](O)[C@@H](NC(=O)OC3CCCCC3)C(C)C)C[C@]1(O)C2(C)C. The van der Waals surface area contributed by atoms with Crippen LogP contribution in [0, 0.1) is 22.7 Å². The Balaban J connectivity index is 1.51. The molecule has 3 saturated carbocycles. The third-order valence-electron chi connectivity index (χ3n) is 12.3. The topological polar surface area (TPSA) is 218 Å². The second-order valence-electron chi connectivity index (χ2n) is 15.9. The van der Waals surface area contributed by atoms with E-state index < -0.39 is 107 Å². The van der Waals surface area contributed by atoms with Gasteiger partial charge in [0.2, 0.25) is 0 Å².